The lowest BCUT2D eigenvalue weighted by Crippen LogP contribution is -2.13. The van der Waals surface area contributed by atoms with Crippen molar-refractivity contribution >= 4 is 11.9 Å². The van der Waals surface area contributed by atoms with Crippen LogP contribution in [0, 0.1) is 5.92 Å². The van der Waals surface area contributed by atoms with Crippen molar-refractivity contribution in [3.8, 4) is 0 Å². The molecule has 124 valence electrons. The van der Waals surface area contributed by atoms with Crippen LogP contribution in [0.2, 0.25) is 0 Å². The lowest BCUT2D eigenvalue weighted by molar-refractivity contribution is -0.144. The Morgan fingerprint density at radius 1 is 1.05 bits per heavy atom. The molecule has 1 aliphatic rings. The number of methoxy groups -OCH3 is 1. The zero-order valence-electron chi connectivity index (χ0n) is 13.8. The first-order chi connectivity index (χ1) is 10.6. The third kappa shape index (κ3) is 8.01. The van der Waals surface area contributed by atoms with Gasteiger partial charge in [-0.25, -0.2) is 0 Å². The fourth-order valence-electron chi connectivity index (χ4n) is 2.64. The van der Waals surface area contributed by atoms with Gasteiger partial charge in [0.05, 0.1) is 13.0 Å². The molecule has 22 heavy (non-hydrogen) atoms. The van der Waals surface area contributed by atoms with Gasteiger partial charge < -0.3 is 9.47 Å². The van der Waals surface area contributed by atoms with Gasteiger partial charge >= 0.3 is 11.9 Å². The lowest BCUT2D eigenvalue weighted by atomic mass is 9.98. The molecule has 0 bridgehead atoms. The molecule has 0 spiro atoms. The Morgan fingerprint density at radius 2 is 1.68 bits per heavy atom. The molecule has 0 aromatic heterocycles. The third-order valence-corrected chi connectivity index (χ3v) is 3.84. The number of carbonyl (C=O) groups is 2. The molecular formula is C18H28O4. The molecule has 0 saturated heterocycles. The Labute approximate surface area is 133 Å². The van der Waals surface area contributed by atoms with E-state index in [1.165, 1.54) is 33.3 Å². The molecule has 0 aliphatic heterocycles. The second kappa shape index (κ2) is 11.0. The van der Waals surface area contributed by atoms with Gasteiger partial charge in [-0.1, -0.05) is 50.7 Å². The normalized spacial score (nSPS) is 25.2. The maximum Gasteiger partial charge on any atom is 0.312 e. The van der Waals surface area contributed by atoms with Gasteiger partial charge in [-0.15, -0.1) is 0 Å². The second-order valence-electron chi connectivity index (χ2n) is 5.75. The summed E-state index contributed by atoms with van der Waals surface area (Å²) >= 11 is 0. The Kier molecular flexibility index (Phi) is 9.28. The molecule has 0 heterocycles. The average Bonchev–Trinajstić information content (AvgIpc) is 2.49. The predicted octanol–water partition coefficient (Wildman–Crippen LogP) is 4.30. The van der Waals surface area contributed by atoms with Crippen molar-refractivity contribution in [2.45, 2.75) is 64.7 Å². The van der Waals surface area contributed by atoms with Gasteiger partial charge in [0, 0.05) is 13.3 Å². The predicted molar refractivity (Wildman–Crippen MR) is 86.0 cm³/mol. The first-order valence-corrected chi connectivity index (χ1v) is 8.27. The second-order valence-corrected chi connectivity index (χ2v) is 5.75. The first-order valence-electron chi connectivity index (χ1n) is 8.27. The summed E-state index contributed by atoms with van der Waals surface area (Å²) < 4.78 is 10.1. The molecule has 0 saturated carbocycles. The largest absolute Gasteiger partial charge is 0.469 e. The summed E-state index contributed by atoms with van der Waals surface area (Å²) in [4.78, 5) is 22.9. The zero-order chi connectivity index (χ0) is 16.2. The van der Waals surface area contributed by atoms with Crippen LogP contribution in [-0.2, 0) is 19.1 Å². The topological polar surface area (TPSA) is 52.6 Å². The Bertz CT molecular complexity index is 409. The lowest BCUT2D eigenvalue weighted by Gasteiger charge is -2.11. The van der Waals surface area contributed by atoms with Crippen LogP contribution in [0.15, 0.2) is 24.0 Å². The van der Waals surface area contributed by atoms with Gasteiger partial charge in [0.1, 0.15) is 5.76 Å². The summed E-state index contributed by atoms with van der Waals surface area (Å²) in [6.45, 7) is 1.41. The molecule has 4 nitrogen and oxygen atoms in total. The van der Waals surface area contributed by atoms with Crippen molar-refractivity contribution in [3.63, 3.8) is 0 Å². The van der Waals surface area contributed by atoms with E-state index in [0.717, 1.165) is 38.5 Å². The molecule has 0 aromatic rings. The molecule has 0 amide bonds. The van der Waals surface area contributed by atoms with Gasteiger partial charge in [0.2, 0.25) is 0 Å². The fourth-order valence-corrected chi connectivity index (χ4v) is 2.64. The minimum absolute atomic E-state index is 0.203. The van der Waals surface area contributed by atoms with Crippen LogP contribution in [0.5, 0.6) is 0 Å². The van der Waals surface area contributed by atoms with Crippen LogP contribution in [0.25, 0.3) is 0 Å². The van der Waals surface area contributed by atoms with E-state index in [-0.39, 0.29) is 17.9 Å². The summed E-state index contributed by atoms with van der Waals surface area (Å²) in [7, 11) is 1.42. The maximum atomic E-state index is 11.8. The molecule has 1 atom stereocenters. The van der Waals surface area contributed by atoms with Gasteiger partial charge in [-0.05, 0) is 18.9 Å². The SMILES string of the molecule is COC(=O)[C@@H]1/C=C\C=C(\OC(C)=O)CCCCCCCCC1. The highest BCUT2D eigenvalue weighted by Crippen LogP contribution is 2.18. The quantitative estimate of drug-likeness (QED) is 0.714. The standard InChI is InChI=1S/C18H28O4/c1-15(19)22-17-13-9-7-5-3-4-6-8-11-16(12-10-14-17)18(20)21-2/h10,12,14,16H,3-9,11,13H2,1-2H3/b12-10-,17-14+/t16-/m0/s1. The van der Waals surface area contributed by atoms with E-state index in [0.29, 0.717) is 5.76 Å². The number of esters is 2. The van der Waals surface area contributed by atoms with E-state index < -0.39 is 0 Å². The van der Waals surface area contributed by atoms with Crippen molar-refractivity contribution in [1.29, 1.82) is 0 Å². The van der Waals surface area contributed by atoms with E-state index >= 15 is 0 Å². The number of allylic oxidation sites excluding steroid dienone is 3. The average molecular weight is 308 g/mol. The van der Waals surface area contributed by atoms with Crippen molar-refractivity contribution in [1.82, 2.24) is 0 Å². The monoisotopic (exact) mass is 308 g/mol. The number of hydrogen-bond acceptors (Lipinski definition) is 4. The summed E-state index contributed by atoms with van der Waals surface area (Å²) in [5.74, 6) is -0.0525. The highest BCUT2D eigenvalue weighted by atomic mass is 16.5. The van der Waals surface area contributed by atoms with Crippen molar-refractivity contribution in [3.05, 3.63) is 24.0 Å². The molecule has 1 rings (SSSR count). The van der Waals surface area contributed by atoms with Crippen molar-refractivity contribution in [2.24, 2.45) is 5.92 Å². The fraction of sp³-hybridized carbons (Fsp3) is 0.667. The maximum absolute atomic E-state index is 11.8. The van der Waals surface area contributed by atoms with Crippen LogP contribution >= 0.6 is 0 Å². The summed E-state index contributed by atoms with van der Waals surface area (Å²) in [5, 5.41) is 0. The molecule has 4 heteroatoms. The smallest absolute Gasteiger partial charge is 0.312 e. The Hall–Kier alpha value is -1.58. The summed E-state index contributed by atoms with van der Waals surface area (Å²) in [5.41, 5.74) is 0. The van der Waals surface area contributed by atoms with Gasteiger partial charge in [-0.2, -0.15) is 0 Å². The Morgan fingerprint density at radius 3 is 2.32 bits per heavy atom. The zero-order valence-corrected chi connectivity index (χ0v) is 13.8. The van der Waals surface area contributed by atoms with Crippen LogP contribution < -0.4 is 0 Å². The van der Waals surface area contributed by atoms with E-state index in [2.05, 4.69) is 0 Å². The van der Waals surface area contributed by atoms with Gasteiger partial charge in [-0.3, -0.25) is 9.59 Å². The molecule has 0 N–H and O–H groups in total. The van der Waals surface area contributed by atoms with E-state index in [1.807, 2.05) is 12.2 Å². The minimum Gasteiger partial charge on any atom is -0.469 e. The highest BCUT2D eigenvalue weighted by Gasteiger charge is 2.15. The Balaban J connectivity index is 2.77. The first kappa shape index (κ1) is 18.5. The van der Waals surface area contributed by atoms with Gasteiger partial charge in [0.15, 0.2) is 0 Å². The molecule has 0 fully saturated rings. The van der Waals surface area contributed by atoms with Crippen LogP contribution in [0.4, 0.5) is 0 Å². The van der Waals surface area contributed by atoms with Gasteiger partial charge in [0.25, 0.3) is 0 Å². The minimum atomic E-state index is -0.301. The molecule has 0 unspecified atom stereocenters. The van der Waals surface area contributed by atoms with Crippen molar-refractivity contribution in [2.75, 3.05) is 7.11 Å². The number of carbonyl (C=O) groups excluding carboxylic acids is 2. The third-order valence-electron chi connectivity index (χ3n) is 3.84. The van der Waals surface area contributed by atoms with Crippen molar-refractivity contribution < 1.29 is 19.1 Å². The number of hydrogen-bond donors (Lipinski definition) is 0. The molecule has 1 aliphatic carbocycles. The highest BCUT2D eigenvalue weighted by molar-refractivity contribution is 5.74. The van der Waals surface area contributed by atoms with Crippen LogP contribution in [0.3, 0.4) is 0 Å². The number of rotatable bonds is 2. The van der Waals surface area contributed by atoms with E-state index in [4.69, 9.17) is 9.47 Å². The number of ether oxygens (including phenoxy) is 2. The summed E-state index contributed by atoms with van der Waals surface area (Å²) in [6, 6.07) is 0. The van der Waals surface area contributed by atoms with E-state index in [1.54, 1.807) is 6.08 Å². The van der Waals surface area contributed by atoms with E-state index in [9.17, 15) is 9.59 Å². The van der Waals surface area contributed by atoms with Crippen LogP contribution in [-0.4, -0.2) is 19.0 Å². The molecule has 0 radical (unpaired) electrons. The van der Waals surface area contributed by atoms with Crippen LogP contribution in [0.1, 0.15) is 64.7 Å². The molecule has 0 aromatic carbocycles. The summed E-state index contributed by atoms with van der Waals surface area (Å²) in [6.07, 6.45) is 15.0. The molecular weight excluding hydrogens is 280 g/mol.